The largest absolute Gasteiger partial charge is 0.243 e. The van der Waals surface area contributed by atoms with Crippen molar-refractivity contribution >= 4 is 15.9 Å². The van der Waals surface area contributed by atoms with E-state index in [9.17, 15) is 4.39 Å². The maximum Gasteiger partial charge on any atom is 0.162 e. The molecule has 0 saturated heterocycles. The van der Waals surface area contributed by atoms with E-state index in [2.05, 4.69) is 20.9 Å². The molecule has 1 heterocycles. The van der Waals surface area contributed by atoms with Crippen LogP contribution >= 0.6 is 15.9 Å². The van der Waals surface area contributed by atoms with Gasteiger partial charge in [-0.2, -0.15) is 5.26 Å². The van der Waals surface area contributed by atoms with E-state index in [1.807, 2.05) is 0 Å². The lowest BCUT2D eigenvalue weighted by Gasteiger charge is -1.97. The minimum Gasteiger partial charge on any atom is -0.243 e. The molecule has 0 aliphatic heterocycles. The second kappa shape index (κ2) is 2.97. The summed E-state index contributed by atoms with van der Waals surface area (Å²) in [7, 11) is 0. The molecule has 0 unspecified atom stereocenters. The summed E-state index contributed by atoms with van der Waals surface area (Å²) in [5, 5.41) is 8.43. The van der Waals surface area contributed by atoms with Gasteiger partial charge in [0.1, 0.15) is 10.7 Å². The third kappa shape index (κ3) is 1.55. The van der Waals surface area contributed by atoms with Gasteiger partial charge in [-0.25, -0.2) is 9.37 Å². The van der Waals surface area contributed by atoms with Crippen molar-refractivity contribution in [3.05, 3.63) is 27.7 Å². The Morgan fingerprint density at radius 3 is 2.91 bits per heavy atom. The Hall–Kier alpha value is -0.950. The van der Waals surface area contributed by atoms with E-state index >= 15 is 0 Å². The number of pyridine rings is 1. The molecule has 0 radical (unpaired) electrons. The van der Waals surface area contributed by atoms with Gasteiger partial charge in [0.25, 0.3) is 0 Å². The number of nitrogens with zero attached hydrogens (tertiary/aromatic N) is 2. The molecule has 0 aliphatic rings. The highest BCUT2D eigenvalue weighted by Crippen LogP contribution is 2.14. The van der Waals surface area contributed by atoms with E-state index in [0.29, 0.717) is 4.60 Å². The first-order valence-corrected chi connectivity index (χ1v) is 3.67. The van der Waals surface area contributed by atoms with Crippen LogP contribution in [0.1, 0.15) is 11.3 Å². The van der Waals surface area contributed by atoms with Gasteiger partial charge < -0.3 is 0 Å². The Morgan fingerprint density at radius 1 is 1.73 bits per heavy atom. The normalized spacial score (nSPS) is 9.27. The number of hydrogen-bond acceptors (Lipinski definition) is 2. The van der Waals surface area contributed by atoms with Crippen LogP contribution in [-0.2, 0) is 0 Å². The van der Waals surface area contributed by atoms with E-state index in [1.54, 1.807) is 6.07 Å². The standard InChI is InChI=1S/C7H4BrFN2/c1-4-7(9)5(3-10)2-6(8)11-4/h2H,1H3. The van der Waals surface area contributed by atoms with Gasteiger partial charge >= 0.3 is 0 Å². The van der Waals surface area contributed by atoms with Crippen LogP contribution in [0.5, 0.6) is 0 Å². The van der Waals surface area contributed by atoms with E-state index in [1.165, 1.54) is 13.0 Å². The van der Waals surface area contributed by atoms with E-state index < -0.39 is 5.82 Å². The Balaban J connectivity index is 3.39. The molecule has 0 saturated carbocycles. The monoisotopic (exact) mass is 214 g/mol. The van der Waals surface area contributed by atoms with Crippen LogP contribution in [0.25, 0.3) is 0 Å². The first kappa shape index (κ1) is 8.15. The summed E-state index contributed by atoms with van der Waals surface area (Å²) >= 11 is 3.06. The highest BCUT2D eigenvalue weighted by Gasteiger charge is 2.06. The lowest BCUT2D eigenvalue weighted by molar-refractivity contribution is 0.605. The van der Waals surface area contributed by atoms with Gasteiger partial charge in [0.15, 0.2) is 5.82 Å². The number of rotatable bonds is 0. The second-order valence-corrected chi connectivity index (χ2v) is 2.82. The van der Waals surface area contributed by atoms with Crippen LogP contribution < -0.4 is 0 Å². The van der Waals surface area contributed by atoms with E-state index in [4.69, 9.17) is 5.26 Å². The summed E-state index contributed by atoms with van der Waals surface area (Å²) in [5.74, 6) is -0.546. The Bertz CT molecular complexity index is 330. The van der Waals surface area contributed by atoms with Crippen LogP contribution in [0.4, 0.5) is 4.39 Å². The van der Waals surface area contributed by atoms with Crippen molar-refractivity contribution in [1.82, 2.24) is 4.98 Å². The summed E-state index contributed by atoms with van der Waals surface area (Å²) in [6.07, 6.45) is 0. The highest BCUT2D eigenvalue weighted by molar-refractivity contribution is 9.10. The SMILES string of the molecule is Cc1nc(Br)cc(C#N)c1F. The average Bonchev–Trinajstić information content (AvgIpc) is 1.96. The molecule has 0 fully saturated rings. The van der Waals surface area contributed by atoms with Crippen molar-refractivity contribution in [2.24, 2.45) is 0 Å². The van der Waals surface area contributed by atoms with Crippen molar-refractivity contribution in [3.63, 3.8) is 0 Å². The lowest BCUT2D eigenvalue weighted by atomic mass is 10.2. The summed E-state index contributed by atoms with van der Waals surface area (Å²) in [5.41, 5.74) is 0.250. The molecule has 0 aromatic carbocycles. The Kier molecular flexibility index (Phi) is 2.20. The predicted octanol–water partition coefficient (Wildman–Crippen LogP) is 2.16. The zero-order chi connectivity index (χ0) is 8.43. The fraction of sp³-hybridized carbons (Fsp3) is 0.143. The fourth-order valence-corrected chi connectivity index (χ4v) is 1.20. The second-order valence-electron chi connectivity index (χ2n) is 2.00. The number of aromatic nitrogens is 1. The summed E-state index contributed by atoms with van der Waals surface area (Å²) in [6.45, 7) is 1.51. The van der Waals surface area contributed by atoms with Crippen LogP contribution in [0.2, 0.25) is 0 Å². The fourth-order valence-electron chi connectivity index (χ4n) is 0.700. The molecule has 0 spiro atoms. The van der Waals surface area contributed by atoms with Crippen LogP contribution in [0.3, 0.4) is 0 Å². The molecule has 4 heteroatoms. The maximum absolute atomic E-state index is 12.9. The van der Waals surface area contributed by atoms with Crippen molar-refractivity contribution in [2.75, 3.05) is 0 Å². The molecule has 0 atom stereocenters. The van der Waals surface area contributed by atoms with Gasteiger partial charge in [-0.3, -0.25) is 0 Å². The van der Waals surface area contributed by atoms with E-state index in [0.717, 1.165) is 0 Å². The molecule has 2 nitrogen and oxygen atoms in total. The number of aryl methyl sites for hydroxylation is 1. The molecular formula is C7H4BrFN2. The number of nitriles is 1. The summed E-state index contributed by atoms with van der Waals surface area (Å²) in [4.78, 5) is 3.77. The molecule has 1 aromatic rings. The van der Waals surface area contributed by atoms with Gasteiger partial charge in [-0.15, -0.1) is 0 Å². The van der Waals surface area contributed by atoms with Gasteiger partial charge in [0.05, 0.1) is 11.3 Å². The smallest absolute Gasteiger partial charge is 0.162 e. The van der Waals surface area contributed by atoms with Crippen molar-refractivity contribution in [1.29, 1.82) is 5.26 Å². The molecule has 11 heavy (non-hydrogen) atoms. The Morgan fingerprint density at radius 2 is 2.36 bits per heavy atom. The highest BCUT2D eigenvalue weighted by atomic mass is 79.9. The number of hydrogen-bond donors (Lipinski definition) is 0. The Labute approximate surface area is 71.8 Å². The first-order valence-electron chi connectivity index (χ1n) is 2.88. The minimum atomic E-state index is -0.546. The first-order chi connectivity index (χ1) is 5.15. The molecule has 1 aromatic heterocycles. The van der Waals surface area contributed by atoms with Gasteiger partial charge in [-0.1, -0.05) is 0 Å². The molecular weight excluding hydrogens is 211 g/mol. The molecule has 0 aliphatic carbocycles. The zero-order valence-electron chi connectivity index (χ0n) is 5.73. The molecule has 0 bridgehead atoms. The maximum atomic E-state index is 12.9. The van der Waals surface area contributed by atoms with Crippen molar-refractivity contribution < 1.29 is 4.39 Å². The third-order valence-electron chi connectivity index (χ3n) is 1.21. The lowest BCUT2D eigenvalue weighted by Crippen LogP contribution is -1.92. The van der Waals surface area contributed by atoms with Crippen LogP contribution in [-0.4, -0.2) is 4.98 Å². The molecule has 1 rings (SSSR count). The summed E-state index contributed by atoms with van der Waals surface area (Å²) < 4.78 is 13.4. The van der Waals surface area contributed by atoms with Crippen LogP contribution in [0, 0.1) is 24.1 Å². The van der Waals surface area contributed by atoms with Crippen molar-refractivity contribution in [3.8, 4) is 6.07 Å². The van der Waals surface area contributed by atoms with Crippen molar-refractivity contribution in [2.45, 2.75) is 6.92 Å². The number of halogens is 2. The molecule has 56 valence electrons. The van der Waals surface area contributed by atoms with E-state index in [-0.39, 0.29) is 11.3 Å². The average molecular weight is 215 g/mol. The molecule has 0 N–H and O–H groups in total. The predicted molar refractivity (Wildman–Crippen MR) is 41.3 cm³/mol. The third-order valence-corrected chi connectivity index (χ3v) is 1.62. The topological polar surface area (TPSA) is 36.7 Å². The minimum absolute atomic E-state index is 0.0179. The quantitative estimate of drug-likeness (QED) is 0.621. The van der Waals surface area contributed by atoms with Gasteiger partial charge in [0, 0.05) is 0 Å². The zero-order valence-corrected chi connectivity index (χ0v) is 7.31. The molecule has 0 amide bonds. The van der Waals surface area contributed by atoms with Gasteiger partial charge in [0.2, 0.25) is 0 Å². The van der Waals surface area contributed by atoms with Gasteiger partial charge in [-0.05, 0) is 28.9 Å². The summed E-state index contributed by atoms with van der Waals surface area (Å²) in [6, 6.07) is 3.08. The van der Waals surface area contributed by atoms with Crippen LogP contribution in [0.15, 0.2) is 10.7 Å².